The summed E-state index contributed by atoms with van der Waals surface area (Å²) in [5, 5.41) is 2.92. The highest BCUT2D eigenvalue weighted by molar-refractivity contribution is 7.08. The molecule has 0 fully saturated rings. The van der Waals surface area contributed by atoms with Gasteiger partial charge in [0.25, 0.3) is 0 Å². The number of hydrogen-bond donors (Lipinski definition) is 1. The van der Waals surface area contributed by atoms with Gasteiger partial charge in [0.15, 0.2) is 0 Å². The Morgan fingerprint density at radius 1 is 1.05 bits per heavy atom. The van der Waals surface area contributed by atoms with Gasteiger partial charge in [-0.25, -0.2) is 0 Å². The number of alkyl halides is 3. The van der Waals surface area contributed by atoms with Crippen molar-refractivity contribution in [1.82, 2.24) is 0 Å². The molecule has 1 unspecified atom stereocenters. The second-order valence-electron chi connectivity index (χ2n) is 3.93. The average molecular weight is 281 g/mol. The second kappa shape index (κ2) is 5.08. The van der Waals surface area contributed by atoms with Gasteiger partial charge < -0.3 is 5.73 Å². The summed E-state index contributed by atoms with van der Waals surface area (Å²) in [6, 6.07) is 9.80. The molecule has 0 spiro atoms. The average Bonchev–Trinajstić information content (AvgIpc) is 2.90. The summed E-state index contributed by atoms with van der Waals surface area (Å²) in [5.41, 5.74) is 3.32. The molecule has 19 heavy (non-hydrogen) atoms. The molecular formula is C14H10F3NS. The molecule has 2 rings (SSSR count). The molecule has 0 aliphatic heterocycles. The van der Waals surface area contributed by atoms with Crippen LogP contribution in [0.1, 0.15) is 11.1 Å². The van der Waals surface area contributed by atoms with Crippen LogP contribution in [0.5, 0.6) is 0 Å². The van der Waals surface area contributed by atoms with E-state index in [1.54, 1.807) is 35.7 Å². The summed E-state index contributed by atoms with van der Waals surface area (Å²) in [7, 11) is 0. The number of halogens is 3. The predicted molar refractivity (Wildman–Crippen MR) is 69.6 cm³/mol. The molecule has 1 heterocycles. The first-order valence-electron chi connectivity index (χ1n) is 5.40. The molecule has 5 heteroatoms. The predicted octanol–water partition coefficient (Wildman–Crippen LogP) is 3.52. The Bertz CT molecular complexity index is 593. The zero-order chi connectivity index (χ0) is 13.9. The second-order valence-corrected chi connectivity index (χ2v) is 4.71. The molecule has 0 bridgehead atoms. The molecule has 1 nitrogen and oxygen atoms in total. The molecule has 0 saturated carbocycles. The van der Waals surface area contributed by atoms with Crippen molar-refractivity contribution in [1.29, 1.82) is 0 Å². The summed E-state index contributed by atoms with van der Waals surface area (Å²) in [6.45, 7) is 0. The van der Waals surface area contributed by atoms with E-state index in [0.717, 1.165) is 11.3 Å². The molecule has 1 atom stereocenters. The minimum atomic E-state index is -4.63. The maximum atomic E-state index is 13.1. The molecule has 0 radical (unpaired) electrons. The van der Waals surface area contributed by atoms with E-state index in [2.05, 4.69) is 11.8 Å². The number of nitrogens with two attached hydrogens (primary N) is 1. The first-order valence-corrected chi connectivity index (χ1v) is 6.34. The standard InChI is InChI=1S/C14H10F3NS/c15-14(16,17)13(18,12-7-9-19-10-12)8-6-11-4-2-1-3-5-11/h1-5,7,9-10H,18H2. The normalized spacial score (nSPS) is 14.3. The van der Waals surface area contributed by atoms with Crippen LogP contribution in [-0.4, -0.2) is 6.18 Å². The maximum Gasteiger partial charge on any atom is 0.422 e. The molecule has 2 N–H and O–H groups in total. The SMILES string of the molecule is NC(C#Cc1ccccc1)(c1ccsc1)C(F)(F)F. The lowest BCUT2D eigenvalue weighted by atomic mass is 9.93. The smallest absolute Gasteiger partial charge is 0.304 e. The first-order chi connectivity index (χ1) is 8.93. The lowest BCUT2D eigenvalue weighted by Crippen LogP contribution is -2.49. The number of thiophene rings is 1. The third kappa shape index (κ3) is 2.80. The van der Waals surface area contributed by atoms with Crippen molar-refractivity contribution in [2.24, 2.45) is 5.73 Å². The van der Waals surface area contributed by atoms with E-state index in [0.29, 0.717) is 5.56 Å². The minimum Gasteiger partial charge on any atom is -0.304 e. The van der Waals surface area contributed by atoms with Crippen molar-refractivity contribution < 1.29 is 13.2 Å². The molecule has 2 aromatic rings. The molecule has 0 aliphatic carbocycles. The van der Waals surface area contributed by atoms with Crippen molar-refractivity contribution in [2.75, 3.05) is 0 Å². The van der Waals surface area contributed by atoms with Gasteiger partial charge in [0, 0.05) is 11.1 Å². The van der Waals surface area contributed by atoms with Gasteiger partial charge in [0.2, 0.25) is 5.54 Å². The molecule has 98 valence electrons. The zero-order valence-electron chi connectivity index (χ0n) is 9.74. The summed E-state index contributed by atoms with van der Waals surface area (Å²) in [4.78, 5) is 0. The number of benzene rings is 1. The van der Waals surface area contributed by atoms with Crippen LogP contribution in [-0.2, 0) is 5.54 Å². The van der Waals surface area contributed by atoms with E-state index in [9.17, 15) is 13.2 Å². The van der Waals surface area contributed by atoms with Crippen LogP contribution in [0.4, 0.5) is 13.2 Å². The van der Waals surface area contributed by atoms with Crippen LogP contribution in [0, 0.1) is 11.8 Å². The minimum absolute atomic E-state index is 0.0339. The number of hydrogen-bond acceptors (Lipinski definition) is 2. The maximum absolute atomic E-state index is 13.1. The number of rotatable bonds is 1. The lowest BCUT2D eigenvalue weighted by molar-refractivity contribution is -0.171. The third-order valence-electron chi connectivity index (χ3n) is 2.60. The zero-order valence-corrected chi connectivity index (χ0v) is 10.6. The highest BCUT2D eigenvalue weighted by Gasteiger charge is 2.52. The van der Waals surface area contributed by atoms with Gasteiger partial charge in [0.1, 0.15) is 0 Å². The van der Waals surface area contributed by atoms with Crippen molar-refractivity contribution in [3.05, 3.63) is 58.3 Å². The van der Waals surface area contributed by atoms with Gasteiger partial charge in [-0.1, -0.05) is 30.0 Å². The Hall–Kier alpha value is -1.77. The van der Waals surface area contributed by atoms with E-state index in [4.69, 9.17) is 5.73 Å². The van der Waals surface area contributed by atoms with Crippen LogP contribution < -0.4 is 5.73 Å². The van der Waals surface area contributed by atoms with Gasteiger partial charge in [-0.3, -0.25) is 0 Å². The van der Waals surface area contributed by atoms with Gasteiger partial charge in [0.05, 0.1) is 0 Å². The first kappa shape index (κ1) is 13.7. The highest BCUT2D eigenvalue weighted by Crippen LogP contribution is 2.37. The quantitative estimate of drug-likeness (QED) is 0.795. The van der Waals surface area contributed by atoms with Crippen molar-refractivity contribution >= 4 is 11.3 Å². The highest BCUT2D eigenvalue weighted by atomic mass is 32.1. The van der Waals surface area contributed by atoms with Crippen LogP contribution in [0.15, 0.2) is 47.2 Å². The lowest BCUT2D eigenvalue weighted by Gasteiger charge is -2.25. The van der Waals surface area contributed by atoms with E-state index >= 15 is 0 Å². The Kier molecular flexibility index (Phi) is 3.65. The fraction of sp³-hybridized carbons (Fsp3) is 0.143. The fourth-order valence-electron chi connectivity index (χ4n) is 1.49. The van der Waals surface area contributed by atoms with Crippen LogP contribution >= 0.6 is 11.3 Å². The van der Waals surface area contributed by atoms with Crippen LogP contribution in [0.3, 0.4) is 0 Å². The van der Waals surface area contributed by atoms with Gasteiger partial charge >= 0.3 is 6.18 Å². The summed E-state index contributed by atoms with van der Waals surface area (Å²) >= 11 is 1.16. The van der Waals surface area contributed by atoms with Gasteiger partial charge in [-0.15, -0.1) is 0 Å². The molecule has 1 aromatic heterocycles. The third-order valence-corrected chi connectivity index (χ3v) is 3.28. The van der Waals surface area contributed by atoms with Crippen molar-refractivity contribution in [2.45, 2.75) is 11.7 Å². The van der Waals surface area contributed by atoms with Crippen LogP contribution in [0.2, 0.25) is 0 Å². The molecular weight excluding hydrogens is 271 g/mol. The van der Waals surface area contributed by atoms with Crippen LogP contribution in [0.25, 0.3) is 0 Å². The van der Waals surface area contributed by atoms with Crippen molar-refractivity contribution in [3.63, 3.8) is 0 Å². The van der Waals surface area contributed by atoms with E-state index < -0.39 is 11.7 Å². The Labute approximate surface area is 112 Å². The van der Waals surface area contributed by atoms with Gasteiger partial charge in [-0.2, -0.15) is 24.5 Å². The van der Waals surface area contributed by atoms with E-state index in [1.807, 2.05) is 0 Å². The fourth-order valence-corrected chi connectivity index (χ4v) is 2.20. The molecule has 0 saturated heterocycles. The van der Waals surface area contributed by atoms with E-state index in [1.165, 1.54) is 11.4 Å². The molecule has 1 aromatic carbocycles. The summed E-state index contributed by atoms with van der Waals surface area (Å²) < 4.78 is 39.4. The Morgan fingerprint density at radius 3 is 2.26 bits per heavy atom. The van der Waals surface area contributed by atoms with Gasteiger partial charge in [-0.05, 0) is 29.0 Å². The molecule has 0 aliphatic rings. The van der Waals surface area contributed by atoms with E-state index in [-0.39, 0.29) is 5.56 Å². The topological polar surface area (TPSA) is 26.0 Å². The monoisotopic (exact) mass is 281 g/mol. The summed E-state index contributed by atoms with van der Waals surface area (Å²) in [6.07, 6.45) is -4.63. The Morgan fingerprint density at radius 2 is 1.74 bits per heavy atom. The summed E-state index contributed by atoms with van der Waals surface area (Å²) in [5.74, 6) is 4.65. The largest absolute Gasteiger partial charge is 0.422 e. The van der Waals surface area contributed by atoms with Crippen molar-refractivity contribution in [3.8, 4) is 11.8 Å². The Balaban J connectivity index is 2.45. The molecule has 0 amide bonds.